The number of benzene rings is 1. The lowest BCUT2D eigenvalue weighted by Gasteiger charge is -2.39. The highest BCUT2D eigenvalue weighted by Crippen LogP contribution is 2.31. The summed E-state index contributed by atoms with van der Waals surface area (Å²) < 4.78 is 38.1. The van der Waals surface area contributed by atoms with Gasteiger partial charge >= 0.3 is 6.18 Å². The molecule has 1 fully saturated rings. The Hall–Kier alpha value is -2.88. The summed E-state index contributed by atoms with van der Waals surface area (Å²) in [6.07, 6.45) is -2.71. The minimum atomic E-state index is -4.80. The van der Waals surface area contributed by atoms with Crippen LogP contribution in [0.3, 0.4) is 0 Å². The van der Waals surface area contributed by atoms with Crippen molar-refractivity contribution >= 4 is 28.4 Å². The minimum Gasteiger partial charge on any atom is -0.369 e. The summed E-state index contributed by atoms with van der Waals surface area (Å²) in [5.41, 5.74) is 11.9. The molecule has 0 aliphatic carbocycles. The van der Waals surface area contributed by atoms with E-state index in [1.807, 2.05) is 11.8 Å². The number of primary amides is 1. The van der Waals surface area contributed by atoms with Crippen molar-refractivity contribution in [2.75, 3.05) is 18.0 Å². The molecule has 2 amide bonds. The summed E-state index contributed by atoms with van der Waals surface area (Å²) in [5.74, 6) is -1.73. The summed E-state index contributed by atoms with van der Waals surface area (Å²) in [7, 11) is 0. The van der Waals surface area contributed by atoms with Crippen molar-refractivity contribution in [3.05, 3.63) is 36.0 Å². The molecular formula is C19H22F3N5O2. The molecule has 1 saturated heterocycles. The van der Waals surface area contributed by atoms with Gasteiger partial charge in [-0.3, -0.25) is 14.6 Å². The van der Waals surface area contributed by atoms with Crippen LogP contribution in [-0.4, -0.2) is 48.1 Å². The summed E-state index contributed by atoms with van der Waals surface area (Å²) >= 11 is 0. The lowest BCUT2D eigenvalue weighted by Crippen LogP contribution is -2.57. The molecule has 0 saturated carbocycles. The second-order valence-electron chi connectivity index (χ2n) is 7.37. The molecule has 10 heteroatoms. The lowest BCUT2D eigenvalue weighted by molar-refractivity contribution is -0.163. The van der Waals surface area contributed by atoms with E-state index in [9.17, 15) is 22.8 Å². The molecule has 2 heterocycles. The summed E-state index contributed by atoms with van der Waals surface area (Å²) in [4.78, 5) is 29.8. The Morgan fingerprint density at radius 2 is 2.00 bits per heavy atom. The maximum Gasteiger partial charge on any atom is 0.412 e. The third-order valence-electron chi connectivity index (χ3n) is 4.99. The Morgan fingerprint density at radius 3 is 2.66 bits per heavy atom. The smallest absolute Gasteiger partial charge is 0.369 e. The highest BCUT2D eigenvalue weighted by molar-refractivity contribution is 6.08. The molecule has 1 aromatic heterocycles. The van der Waals surface area contributed by atoms with Gasteiger partial charge in [-0.15, -0.1) is 0 Å². The van der Waals surface area contributed by atoms with E-state index >= 15 is 0 Å². The first-order valence-corrected chi connectivity index (χ1v) is 9.13. The Bertz CT molecular complexity index is 934. The second kappa shape index (κ2) is 7.86. The van der Waals surface area contributed by atoms with Crippen molar-refractivity contribution in [1.82, 2.24) is 10.3 Å². The first-order valence-electron chi connectivity index (χ1n) is 9.13. The average molecular weight is 409 g/mol. The number of fused-ring (bicyclic) bond motifs is 1. The molecule has 1 aromatic carbocycles. The number of rotatable bonds is 4. The molecule has 0 radical (unpaired) electrons. The van der Waals surface area contributed by atoms with E-state index in [1.54, 1.807) is 30.5 Å². The van der Waals surface area contributed by atoms with Crippen LogP contribution in [0, 0.1) is 5.92 Å². The molecule has 1 aliphatic heterocycles. The number of carbonyl (C=O) groups is 2. The molecule has 3 rings (SSSR count). The van der Waals surface area contributed by atoms with Gasteiger partial charge in [-0.05, 0) is 36.6 Å². The maximum atomic E-state index is 12.7. The number of carbonyl (C=O) groups excluding carboxylic acids is 2. The Morgan fingerprint density at radius 1 is 1.28 bits per heavy atom. The Balaban J connectivity index is 1.87. The van der Waals surface area contributed by atoms with E-state index in [2.05, 4.69) is 10.3 Å². The van der Waals surface area contributed by atoms with Crippen LogP contribution in [0.2, 0.25) is 0 Å². The number of nitrogens with one attached hydrogen (secondary N) is 1. The monoisotopic (exact) mass is 409 g/mol. The Kier molecular flexibility index (Phi) is 5.65. The van der Waals surface area contributed by atoms with E-state index in [4.69, 9.17) is 11.5 Å². The topological polar surface area (TPSA) is 114 Å². The normalized spacial score (nSPS) is 21.1. The largest absolute Gasteiger partial charge is 0.412 e. The fourth-order valence-electron chi connectivity index (χ4n) is 3.72. The predicted molar refractivity (Wildman–Crippen MR) is 102 cm³/mol. The van der Waals surface area contributed by atoms with Crippen LogP contribution in [-0.2, 0) is 4.79 Å². The maximum absolute atomic E-state index is 12.7. The first kappa shape index (κ1) is 20.8. The first-order chi connectivity index (χ1) is 13.6. The fraction of sp³-hybridized carbons (Fsp3) is 0.421. The van der Waals surface area contributed by atoms with Gasteiger partial charge < -0.3 is 21.7 Å². The van der Waals surface area contributed by atoms with Crippen LogP contribution in [0.15, 0.2) is 30.5 Å². The van der Waals surface area contributed by atoms with Crippen molar-refractivity contribution in [2.24, 2.45) is 17.4 Å². The van der Waals surface area contributed by atoms with Gasteiger partial charge in [0.05, 0.1) is 11.1 Å². The zero-order chi connectivity index (χ0) is 21.3. The minimum absolute atomic E-state index is 0.110. The van der Waals surface area contributed by atoms with Crippen LogP contribution in [0.5, 0.6) is 0 Å². The van der Waals surface area contributed by atoms with Gasteiger partial charge in [0, 0.05) is 36.4 Å². The number of hydrogen-bond acceptors (Lipinski definition) is 5. The van der Waals surface area contributed by atoms with E-state index < -0.39 is 30.1 Å². The van der Waals surface area contributed by atoms with Crippen LogP contribution >= 0.6 is 0 Å². The van der Waals surface area contributed by atoms with Crippen LogP contribution in [0.25, 0.3) is 10.9 Å². The van der Waals surface area contributed by atoms with Gasteiger partial charge in [0.1, 0.15) is 0 Å². The third-order valence-corrected chi connectivity index (χ3v) is 4.99. The van der Waals surface area contributed by atoms with Gasteiger partial charge in [-0.25, -0.2) is 0 Å². The van der Waals surface area contributed by atoms with Gasteiger partial charge in [0.25, 0.3) is 5.91 Å². The number of halogens is 3. The average Bonchev–Trinajstić information content (AvgIpc) is 2.65. The third kappa shape index (κ3) is 4.42. The summed E-state index contributed by atoms with van der Waals surface area (Å²) in [5, 5.41) is 3.12. The summed E-state index contributed by atoms with van der Waals surface area (Å²) in [6.45, 7) is 2.89. The zero-order valence-corrected chi connectivity index (χ0v) is 15.7. The van der Waals surface area contributed by atoms with Crippen LogP contribution in [0.4, 0.5) is 18.9 Å². The molecular weight excluding hydrogens is 387 g/mol. The van der Waals surface area contributed by atoms with Crippen molar-refractivity contribution in [3.8, 4) is 0 Å². The highest BCUT2D eigenvalue weighted by Gasteiger charge is 2.43. The molecule has 2 aromatic rings. The van der Waals surface area contributed by atoms with Crippen molar-refractivity contribution < 1.29 is 22.8 Å². The number of anilines is 1. The number of hydrogen-bond donors (Lipinski definition) is 3. The van der Waals surface area contributed by atoms with Gasteiger partial charge in [-0.2, -0.15) is 13.2 Å². The molecule has 29 heavy (non-hydrogen) atoms. The van der Waals surface area contributed by atoms with E-state index in [0.717, 1.165) is 5.69 Å². The standard InChI is InChI=1S/C19H22F3N5O2/c1-10-7-11(26-18(29)16(23)19(20,21)22)9-27(8-10)14-5-4-13(17(24)28)15-12(14)3-2-6-25-15/h2-6,10-11,16H,7-9,23H2,1H3,(H2,24,28)(H,26,29). The molecule has 1 aliphatic rings. The number of alkyl halides is 3. The molecule has 7 nitrogen and oxygen atoms in total. The molecule has 3 unspecified atom stereocenters. The number of nitrogens with two attached hydrogens (primary N) is 2. The number of pyridine rings is 1. The molecule has 156 valence electrons. The van der Waals surface area contributed by atoms with Crippen LogP contribution < -0.4 is 21.7 Å². The molecule has 5 N–H and O–H groups in total. The van der Waals surface area contributed by atoms with Crippen LogP contribution in [0.1, 0.15) is 23.7 Å². The van der Waals surface area contributed by atoms with E-state index in [-0.39, 0.29) is 11.5 Å². The van der Waals surface area contributed by atoms with Gasteiger partial charge in [0.2, 0.25) is 5.91 Å². The van der Waals surface area contributed by atoms with Crippen molar-refractivity contribution in [1.29, 1.82) is 0 Å². The molecule has 0 spiro atoms. The van der Waals surface area contributed by atoms with Crippen molar-refractivity contribution in [3.63, 3.8) is 0 Å². The Labute approximate surface area is 165 Å². The number of nitrogens with zero attached hydrogens (tertiary/aromatic N) is 2. The molecule has 0 bridgehead atoms. The highest BCUT2D eigenvalue weighted by atomic mass is 19.4. The quantitative estimate of drug-likeness (QED) is 0.709. The van der Waals surface area contributed by atoms with Gasteiger partial charge in [0.15, 0.2) is 6.04 Å². The van der Waals surface area contributed by atoms with Crippen molar-refractivity contribution in [2.45, 2.75) is 31.6 Å². The molecule has 3 atom stereocenters. The zero-order valence-electron chi connectivity index (χ0n) is 15.7. The number of amides is 2. The number of piperidine rings is 1. The van der Waals surface area contributed by atoms with E-state index in [1.165, 1.54) is 0 Å². The second-order valence-corrected chi connectivity index (χ2v) is 7.37. The fourth-order valence-corrected chi connectivity index (χ4v) is 3.72. The summed E-state index contributed by atoms with van der Waals surface area (Å²) in [6, 6.07) is 3.79. The SMILES string of the molecule is CC1CC(NC(=O)C(N)C(F)(F)F)CN(c2ccc(C(N)=O)c3ncccc23)C1. The number of aromatic nitrogens is 1. The lowest BCUT2D eigenvalue weighted by atomic mass is 9.94. The predicted octanol–water partition coefficient (Wildman–Crippen LogP) is 1.55. The van der Waals surface area contributed by atoms with E-state index in [0.29, 0.717) is 30.4 Å². The van der Waals surface area contributed by atoms with Gasteiger partial charge in [-0.1, -0.05) is 6.92 Å².